The largest absolute Gasteiger partial charge is 0.217 e. The molecule has 6 heteroatoms. The molecule has 0 saturated carbocycles. The smallest absolute Gasteiger partial charge is 0.211 e. The van der Waals surface area contributed by atoms with Crippen LogP contribution in [0.15, 0.2) is 24.5 Å². The zero-order chi connectivity index (χ0) is 10.1. The minimum atomic E-state index is -0.661. The highest BCUT2D eigenvalue weighted by molar-refractivity contribution is 14.1. The van der Waals surface area contributed by atoms with E-state index < -0.39 is 11.6 Å². The first-order valence-corrected chi connectivity index (χ1v) is 4.77. The van der Waals surface area contributed by atoms with Crippen LogP contribution < -0.4 is 0 Å². The Kier molecular flexibility index (Phi) is 2.44. The Bertz CT molecular complexity index is 469. The predicted molar refractivity (Wildman–Crippen MR) is 54.0 cm³/mol. The van der Waals surface area contributed by atoms with Gasteiger partial charge < -0.3 is 0 Å². The molecule has 0 N–H and O–H groups in total. The van der Waals surface area contributed by atoms with Crippen molar-refractivity contribution in [2.45, 2.75) is 0 Å². The molecule has 0 aliphatic carbocycles. The molecule has 0 bridgehead atoms. The minimum absolute atomic E-state index is 0.182. The van der Waals surface area contributed by atoms with Gasteiger partial charge in [-0.3, -0.25) is 0 Å². The van der Waals surface area contributed by atoms with E-state index in [1.165, 1.54) is 23.1 Å². The van der Waals surface area contributed by atoms with Crippen LogP contribution in [0.3, 0.4) is 0 Å². The zero-order valence-electron chi connectivity index (χ0n) is 6.78. The summed E-state index contributed by atoms with van der Waals surface area (Å²) >= 11 is 1.91. The number of nitrogens with zero attached hydrogens (tertiary/aromatic N) is 3. The van der Waals surface area contributed by atoms with Crippen molar-refractivity contribution in [2.24, 2.45) is 0 Å². The van der Waals surface area contributed by atoms with Crippen LogP contribution in [0.25, 0.3) is 5.69 Å². The summed E-state index contributed by atoms with van der Waals surface area (Å²) in [6.07, 6.45) is 1.37. The van der Waals surface area contributed by atoms with Gasteiger partial charge in [0.1, 0.15) is 17.8 Å². The molecule has 3 nitrogen and oxygen atoms in total. The lowest BCUT2D eigenvalue weighted by Gasteiger charge is -2.00. The van der Waals surface area contributed by atoms with Gasteiger partial charge in [0.2, 0.25) is 3.83 Å². The molecule has 0 aliphatic rings. The molecule has 0 radical (unpaired) electrons. The summed E-state index contributed by atoms with van der Waals surface area (Å²) in [6.45, 7) is 0. The van der Waals surface area contributed by atoms with Gasteiger partial charge in [-0.2, -0.15) is 0 Å². The predicted octanol–water partition coefficient (Wildman–Crippen LogP) is 2.15. The second kappa shape index (κ2) is 3.60. The Morgan fingerprint density at radius 3 is 2.64 bits per heavy atom. The van der Waals surface area contributed by atoms with E-state index in [0.29, 0.717) is 3.83 Å². The van der Waals surface area contributed by atoms with Gasteiger partial charge in [-0.15, -0.1) is 5.10 Å². The second-order valence-electron chi connectivity index (χ2n) is 2.55. The maximum Gasteiger partial charge on any atom is 0.211 e. The van der Waals surface area contributed by atoms with Crippen LogP contribution in [0.2, 0.25) is 0 Å². The first-order valence-electron chi connectivity index (χ1n) is 3.69. The molecule has 2 aromatic rings. The first-order chi connectivity index (χ1) is 6.66. The van der Waals surface area contributed by atoms with Gasteiger partial charge in [-0.05, 0) is 12.1 Å². The number of hydrogen-bond donors (Lipinski definition) is 0. The number of aromatic nitrogens is 3. The second-order valence-corrected chi connectivity index (χ2v) is 3.52. The van der Waals surface area contributed by atoms with E-state index in [4.69, 9.17) is 0 Å². The number of rotatable bonds is 1. The molecule has 72 valence electrons. The number of hydrogen-bond acceptors (Lipinski definition) is 2. The van der Waals surface area contributed by atoms with Gasteiger partial charge in [-0.25, -0.2) is 18.4 Å². The number of halogens is 3. The van der Waals surface area contributed by atoms with Crippen molar-refractivity contribution in [3.05, 3.63) is 40.0 Å². The summed E-state index contributed by atoms with van der Waals surface area (Å²) < 4.78 is 27.6. The Hall–Kier alpha value is -1.05. The molecule has 1 aromatic carbocycles. The van der Waals surface area contributed by atoms with Crippen molar-refractivity contribution in [1.29, 1.82) is 0 Å². The van der Waals surface area contributed by atoms with E-state index in [9.17, 15) is 8.78 Å². The van der Waals surface area contributed by atoms with Crippen molar-refractivity contribution in [2.75, 3.05) is 0 Å². The third-order valence-corrected chi connectivity index (χ3v) is 2.11. The Morgan fingerprint density at radius 2 is 2.07 bits per heavy atom. The summed E-state index contributed by atoms with van der Waals surface area (Å²) in [6, 6.07) is 3.30. The fourth-order valence-corrected chi connectivity index (χ4v) is 1.38. The molecule has 0 aliphatic heterocycles. The molecule has 2 rings (SSSR count). The molecule has 0 atom stereocenters. The summed E-state index contributed by atoms with van der Waals surface area (Å²) in [4.78, 5) is 3.83. The Balaban J connectivity index is 2.52. The van der Waals surface area contributed by atoms with Crippen molar-refractivity contribution >= 4 is 22.6 Å². The van der Waals surface area contributed by atoms with Crippen molar-refractivity contribution in [3.63, 3.8) is 0 Å². The maximum atomic E-state index is 13.2. The fourth-order valence-electron chi connectivity index (χ4n) is 1.03. The summed E-state index contributed by atoms with van der Waals surface area (Å²) in [5, 5.41) is 3.90. The SMILES string of the molecule is Fc1ccc(-n2cnc(I)n2)c(F)c1. The van der Waals surface area contributed by atoms with Crippen LogP contribution in [0.4, 0.5) is 8.78 Å². The van der Waals surface area contributed by atoms with E-state index in [2.05, 4.69) is 10.1 Å². The monoisotopic (exact) mass is 307 g/mol. The molecule has 0 saturated heterocycles. The lowest BCUT2D eigenvalue weighted by atomic mass is 10.3. The van der Waals surface area contributed by atoms with Gasteiger partial charge in [-0.1, -0.05) is 0 Å². The Morgan fingerprint density at radius 1 is 1.29 bits per heavy atom. The molecule has 14 heavy (non-hydrogen) atoms. The van der Waals surface area contributed by atoms with Crippen LogP contribution in [0.5, 0.6) is 0 Å². The van der Waals surface area contributed by atoms with E-state index >= 15 is 0 Å². The third kappa shape index (κ3) is 1.74. The molecule has 1 aromatic heterocycles. The molecule has 0 spiro atoms. The third-order valence-electron chi connectivity index (χ3n) is 1.62. The van der Waals surface area contributed by atoms with Crippen LogP contribution in [0, 0.1) is 15.5 Å². The molecule has 0 fully saturated rings. The van der Waals surface area contributed by atoms with Crippen LogP contribution in [0.1, 0.15) is 0 Å². The van der Waals surface area contributed by atoms with Crippen LogP contribution in [-0.4, -0.2) is 14.8 Å². The molecular weight excluding hydrogens is 303 g/mol. The van der Waals surface area contributed by atoms with Crippen molar-refractivity contribution in [3.8, 4) is 5.69 Å². The zero-order valence-corrected chi connectivity index (χ0v) is 8.94. The van der Waals surface area contributed by atoms with E-state index in [1.807, 2.05) is 22.6 Å². The van der Waals surface area contributed by atoms with Gasteiger partial charge in [0.15, 0.2) is 5.82 Å². The molecular formula is C8H4F2IN3. The maximum absolute atomic E-state index is 13.2. The molecule has 0 unspecified atom stereocenters. The van der Waals surface area contributed by atoms with Crippen LogP contribution >= 0.6 is 22.6 Å². The normalized spacial score (nSPS) is 10.5. The average Bonchev–Trinajstić information content (AvgIpc) is 2.51. The van der Waals surface area contributed by atoms with E-state index in [1.54, 1.807) is 0 Å². The van der Waals surface area contributed by atoms with Gasteiger partial charge >= 0.3 is 0 Å². The summed E-state index contributed by atoms with van der Waals surface area (Å²) in [5.74, 6) is -1.27. The number of benzene rings is 1. The summed E-state index contributed by atoms with van der Waals surface area (Å²) in [5.41, 5.74) is 0.182. The Labute approximate surface area is 91.9 Å². The summed E-state index contributed by atoms with van der Waals surface area (Å²) in [7, 11) is 0. The lowest BCUT2D eigenvalue weighted by Crippen LogP contribution is -1.98. The van der Waals surface area contributed by atoms with Gasteiger partial charge in [0.05, 0.1) is 0 Å². The van der Waals surface area contributed by atoms with E-state index in [-0.39, 0.29) is 5.69 Å². The topological polar surface area (TPSA) is 30.7 Å². The van der Waals surface area contributed by atoms with Gasteiger partial charge in [0.25, 0.3) is 0 Å². The van der Waals surface area contributed by atoms with Gasteiger partial charge in [0, 0.05) is 28.7 Å². The van der Waals surface area contributed by atoms with E-state index in [0.717, 1.165) is 6.07 Å². The average molecular weight is 307 g/mol. The highest BCUT2D eigenvalue weighted by atomic mass is 127. The minimum Gasteiger partial charge on any atom is -0.217 e. The fraction of sp³-hybridized carbons (Fsp3) is 0. The lowest BCUT2D eigenvalue weighted by molar-refractivity contribution is 0.573. The van der Waals surface area contributed by atoms with Crippen molar-refractivity contribution in [1.82, 2.24) is 14.8 Å². The molecule has 1 heterocycles. The molecule has 0 amide bonds. The quantitative estimate of drug-likeness (QED) is 0.756. The highest BCUT2D eigenvalue weighted by Gasteiger charge is 2.07. The van der Waals surface area contributed by atoms with Crippen molar-refractivity contribution < 1.29 is 8.78 Å². The highest BCUT2D eigenvalue weighted by Crippen LogP contribution is 2.13. The standard InChI is InChI=1S/C8H4F2IN3/c9-5-1-2-7(6(10)3-5)14-4-12-8(11)13-14/h1-4H. The first kappa shape index (κ1) is 9.50. The van der Waals surface area contributed by atoms with Crippen LogP contribution in [-0.2, 0) is 0 Å².